The number of carbonyl (C=O) groups is 1. The van der Waals surface area contributed by atoms with E-state index in [2.05, 4.69) is 10.3 Å². The molecule has 0 aliphatic heterocycles. The second-order valence-electron chi connectivity index (χ2n) is 3.82. The summed E-state index contributed by atoms with van der Waals surface area (Å²) in [6.07, 6.45) is 1.41. The molecule has 8 heteroatoms. The third-order valence-electron chi connectivity index (χ3n) is 2.56. The molecule has 98 valence electrons. The lowest BCUT2D eigenvalue weighted by atomic mass is 10.3. The highest BCUT2D eigenvalue weighted by atomic mass is 16.6. The smallest absolute Gasteiger partial charge is 0.323 e. The van der Waals surface area contributed by atoms with Crippen LogP contribution in [0.2, 0.25) is 0 Å². The number of hydrogen-bond acceptors (Lipinski definition) is 5. The van der Waals surface area contributed by atoms with Crippen LogP contribution in [0.1, 0.15) is 10.5 Å². The van der Waals surface area contributed by atoms with E-state index in [0.29, 0.717) is 11.5 Å². The second-order valence-corrected chi connectivity index (χ2v) is 3.82. The predicted octanol–water partition coefficient (Wildman–Crippen LogP) is 1.16. The Morgan fingerprint density at radius 1 is 1.42 bits per heavy atom. The minimum Gasteiger partial charge on any atom is -0.384 e. The molecule has 0 unspecified atom stereocenters. The van der Waals surface area contributed by atoms with Crippen molar-refractivity contribution in [3.8, 4) is 0 Å². The molecule has 0 aromatic carbocycles. The molecule has 19 heavy (non-hydrogen) atoms. The Bertz CT molecular complexity index is 632. The van der Waals surface area contributed by atoms with Crippen LogP contribution in [0.3, 0.4) is 0 Å². The van der Waals surface area contributed by atoms with E-state index in [-0.39, 0.29) is 11.5 Å². The van der Waals surface area contributed by atoms with Gasteiger partial charge in [-0.3, -0.25) is 4.79 Å². The normalized spacial score (nSPS) is 10.2. The van der Waals surface area contributed by atoms with E-state index in [1.165, 1.54) is 29.9 Å². The fourth-order valence-electron chi connectivity index (χ4n) is 1.59. The van der Waals surface area contributed by atoms with Gasteiger partial charge in [-0.05, 0) is 23.1 Å². The van der Waals surface area contributed by atoms with Gasteiger partial charge in [0.25, 0.3) is 5.91 Å². The fourth-order valence-corrected chi connectivity index (χ4v) is 1.59. The number of hydrogen-bond donors (Lipinski definition) is 2. The van der Waals surface area contributed by atoms with Crippen LogP contribution in [0.4, 0.5) is 17.3 Å². The molecule has 2 aromatic heterocycles. The molecule has 0 spiro atoms. The molecule has 0 fully saturated rings. The summed E-state index contributed by atoms with van der Waals surface area (Å²) >= 11 is 0. The van der Waals surface area contributed by atoms with Gasteiger partial charge in [-0.2, -0.15) is 0 Å². The number of nitrogens with zero attached hydrogens (tertiary/aromatic N) is 3. The molecule has 2 rings (SSSR count). The molecular formula is C11H11N5O3. The van der Waals surface area contributed by atoms with E-state index < -0.39 is 10.8 Å². The van der Waals surface area contributed by atoms with Crippen molar-refractivity contribution in [2.75, 3.05) is 11.1 Å². The van der Waals surface area contributed by atoms with Crippen molar-refractivity contribution in [3.05, 3.63) is 46.3 Å². The number of nitrogen functional groups attached to an aromatic ring is 1. The van der Waals surface area contributed by atoms with E-state index in [1.807, 2.05) is 0 Å². The van der Waals surface area contributed by atoms with Crippen molar-refractivity contribution in [2.45, 2.75) is 0 Å². The first-order valence-corrected chi connectivity index (χ1v) is 5.32. The third-order valence-corrected chi connectivity index (χ3v) is 2.56. The van der Waals surface area contributed by atoms with Crippen LogP contribution in [-0.2, 0) is 7.05 Å². The van der Waals surface area contributed by atoms with E-state index in [4.69, 9.17) is 5.73 Å². The van der Waals surface area contributed by atoms with Gasteiger partial charge in [-0.1, -0.05) is 0 Å². The quantitative estimate of drug-likeness (QED) is 0.635. The predicted molar refractivity (Wildman–Crippen MR) is 68.7 cm³/mol. The van der Waals surface area contributed by atoms with Gasteiger partial charge in [0.05, 0.1) is 18.9 Å². The minimum atomic E-state index is -0.554. The Labute approximate surface area is 108 Å². The van der Waals surface area contributed by atoms with Crippen LogP contribution >= 0.6 is 0 Å². The van der Waals surface area contributed by atoms with Gasteiger partial charge in [-0.25, -0.2) is 9.55 Å². The lowest BCUT2D eigenvalue weighted by molar-refractivity contribution is -0.391. The van der Waals surface area contributed by atoms with Crippen molar-refractivity contribution in [2.24, 2.45) is 7.05 Å². The zero-order valence-corrected chi connectivity index (χ0v) is 10.0. The Hall–Kier alpha value is -2.90. The average molecular weight is 261 g/mol. The van der Waals surface area contributed by atoms with Crippen LogP contribution in [0.5, 0.6) is 0 Å². The summed E-state index contributed by atoms with van der Waals surface area (Å²) in [6, 6.07) is 5.80. The molecule has 0 radical (unpaired) electrons. The van der Waals surface area contributed by atoms with Crippen LogP contribution in [0, 0.1) is 10.1 Å². The van der Waals surface area contributed by atoms with E-state index >= 15 is 0 Å². The standard InChI is InChI=1S/C11H11N5O3/c1-15-8(3-5-10(15)16(18)19)11(17)14-7-2-4-9(12)13-6-7/h2-6H,1H3,(H2,12,13)(H,14,17). The van der Waals surface area contributed by atoms with Gasteiger partial charge in [0.1, 0.15) is 5.82 Å². The SMILES string of the molecule is Cn1c(C(=O)Nc2ccc(N)nc2)ccc1[N+](=O)[O-]. The molecule has 0 bridgehead atoms. The van der Waals surface area contributed by atoms with Crippen LogP contribution in [0.15, 0.2) is 30.5 Å². The molecule has 0 atom stereocenters. The van der Waals surface area contributed by atoms with Gasteiger partial charge in [0.15, 0.2) is 5.69 Å². The number of carbonyl (C=O) groups excluding carboxylic acids is 1. The van der Waals surface area contributed by atoms with Gasteiger partial charge < -0.3 is 21.2 Å². The Balaban J connectivity index is 2.21. The molecule has 0 aliphatic carbocycles. The van der Waals surface area contributed by atoms with Crippen molar-refractivity contribution in [1.82, 2.24) is 9.55 Å². The Kier molecular flexibility index (Phi) is 3.15. The highest BCUT2D eigenvalue weighted by molar-refractivity contribution is 6.03. The van der Waals surface area contributed by atoms with E-state index in [1.54, 1.807) is 12.1 Å². The Morgan fingerprint density at radius 3 is 2.68 bits per heavy atom. The van der Waals surface area contributed by atoms with Crippen LogP contribution in [-0.4, -0.2) is 20.4 Å². The van der Waals surface area contributed by atoms with Gasteiger partial charge in [-0.15, -0.1) is 0 Å². The van der Waals surface area contributed by atoms with Crippen molar-refractivity contribution in [1.29, 1.82) is 0 Å². The number of nitrogens with one attached hydrogen (secondary N) is 1. The van der Waals surface area contributed by atoms with Crippen molar-refractivity contribution < 1.29 is 9.72 Å². The molecule has 2 aromatic rings. The number of rotatable bonds is 3. The largest absolute Gasteiger partial charge is 0.384 e. The van der Waals surface area contributed by atoms with Crippen molar-refractivity contribution >= 4 is 23.2 Å². The summed E-state index contributed by atoms with van der Waals surface area (Å²) in [5, 5.41) is 13.3. The summed E-state index contributed by atoms with van der Waals surface area (Å²) in [5.74, 6) is -0.268. The summed E-state index contributed by atoms with van der Waals surface area (Å²) in [5.41, 5.74) is 6.07. The summed E-state index contributed by atoms with van der Waals surface area (Å²) in [6.45, 7) is 0. The zero-order valence-electron chi connectivity index (χ0n) is 10.0. The molecule has 8 nitrogen and oxygen atoms in total. The number of aromatic nitrogens is 2. The first-order valence-electron chi connectivity index (χ1n) is 5.32. The number of pyridine rings is 1. The first-order chi connectivity index (χ1) is 8.99. The lowest BCUT2D eigenvalue weighted by Crippen LogP contribution is -2.16. The Morgan fingerprint density at radius 2 is 2.16 bits per heavy atom. The highest BCUT2D eigenvalue weighted by Gasteiger charge is 2.20. The maximum absolute atomic E-state index is 11.9. The fraction of sp³-hybridized carbons (Fsp3) is 0.0909. The molecule has 1 amide bonds. The monoisotopic (exact) mass is 261 g/mol. The molecule has 2 heterocycles. The maximum atomic E-state index is 11.9. The summed E-state index contributed by atoms with van der Waals surface area (Å²) < 4.78 is 1.21. The van der Waals surface area contributed by atoms with Crippen LogP contribution in [0.25, 0.3) is 0 Å². The number of nitrogens with two attached hydrogens (primary N) is 1. The average Bonchev–Trinajstić information content (AvgIpc) is 2.74. The van der Waals surface area contributed by atoms with Gasteiger partial charge >= 0.3 is 5.82 Å². The van der Waals surface area contributed by atoms with Crippen LogP contribution < -0.4 is 11.1 Å². The first kappa shape index (κ1) is 12.6. The number of anilines is 2. The number of nitro groups is 1. The molecule has 0 saturated carbocycles. The van der Waals surface area contributed by atoms with Gasteiger partial charge in [0, 0.05) is 6.07 Å². The maximum Gasteiger partial charge on any atom is 0.323 e. The minimum absolute atomic E-state index is 0.152. The molecule has 3 N–H and O–H groups in total. The lowest BCUT2D eigenvalue weighted by Gasteiger charge is -2.04. The van der Waals surface area contributed by atoms with Gasteiger partial charge in [0.2, 0.25) is 0 Å². The highest BCUT2D eigenvalue weighted by Crippen LogP contribution is 2.16. The topological polar surface area (TPSA) is 116 Å². The molecular weight excluding hydrogens is 250 g/mol. The molecule has 0 saturated heterocycles. The number of amides is 1. The van der Waals surface area contributed by atoms with E-state index in [9.17, 15) is 14.9 Å². The van der Waals surface area contributed by atoms with Crippen molar-refractivity contribution in [3.63, 3.8) is 0 Å². The third kappa shape index (κ3) is 2.51. The van der Waals surface area contributed by atoms with E-state index in [0.717, 1.165) is 0 Å². The molecule has 0 aliphatic rings. The summed E-state index contributed by atoms with van der Waals surface area (Å²) in [4.78, 5) is 25.9. The zero-order chi connectivity index (χ0) is 14.0. The second kappa shape index (κ2) is 4.77. The summed E-state index contributed by atoms with van der Waals surface area (Å²) in [7, 11) is 1.45.